The largest absolute Gasteiger partial charge is 0.458 e. The lowest BCUT2D eigenvalue weighted by Gasteiger charge is -2.22. The number of esters is 1. The number of carbonyl (C=O) groups excluding carboxylic acids is 2. The first-order valence-electron chi connectivity index (χ1n) is 10.9. The Bertz CT molecular complexity index is 1400. The Morgan fingerprint density at radius 3 is 2.77 bits per heavy atom. The summed E-state index contributed by atoms with van der Waals surface area (Å²) in [6.07, 6.45) is 6.22. The second-order valence-electron chi connectivity index (χ2n) is 8.94. The zero-order valence-electron chi connectivity index (χ0n) is 19.7. The predicted molar refractivity (Wildman–Crippen MR) is 130 cm³/mol. The van der Waals surface area contributed by atoms with Crippen LogP contribution in [0.4, 0.5) is 5.69 Å². The predicted octanol–water partition coefficient (Wildman–Crippen LogP) is 3.89. The molecule has 0 fully saturated rings. The second kappa shape index (κ2) is 9.47. The number of hydrogen-bond donors (Lipinski definition) is 2. The smallest absolute Gasteiger partial charge is 0.331 e. The van der Waals surface area contributed by atoms with Gasteiger partial charge in [-0.25, -0.2) is 14.3 Å². The normalized spacial score (nSPS) is 12.5. The zero-order chi connectivity index (χ0) is 25.3. The van der Waals surface area contributed by atoms with Gasteiger partial charge in [0.25, 0.3) is 5.91 Å². The molecule has 35 heavy (non-hydrogen) atoms. The fourth-order valence-electron chi connectivity index (χ4n) is 3.46. The van der Waals surface area contributed by atoms with Gasteiger partial charge in [-0.05, 0) is 51.5 Å². The Balaban J connectivity index is 1.77. The van der Waals surface area contributed by atoms with Crippen molar-refractivity contribution in [2.75, 3.05) is 5.32 Å². The van der Waals surface area contributed by atoms with Gasteiger partial charge in [-0.2, -0.15) is 10.2 Å². The topological polar surface area (TPSA) is 124 Å². The zero-order valence-corrected chi connectivity index (χ0v) is 20.4. The number of rotatable bonds is 6. The highest BCUT2D eigenvalue weighted by molar-refractivity contribution is 6.31. The number of fused-ring (bicyclic) bond motifs is 1. The first kappa shape index (κ1) is 24.4. The minimum Gasteiger partial charge on any atom is -0.458 e. The molecule has 3 heterocycles. The second-order valence-corrected chi connectivity index (χ2v) is 9.38. The number of hydrogen-bond acceptors (Lipinski definition) is 7. The highest BCUT2D eigenvalue weighted by Crippen LogP contribution is 2.33. The molecule has 0 bridgehead atoms. The molecule has 3 aromatic heterocycles. The van der Waals surface area contributed by atoms with Gasteiger partial charge < -0.3 is 15.2 Å². The number of aliphatic hydroxyl groups excluding tert-OH is 1. The molecule has 0 radical (unpaired) electrons. The Labute approximate surface area is 206 Å². The van der Waals surface area contributed by atoms with Gasteiger partial charge in [0.1, 0.15) is 22.9 Å². The van der Waals surface area contributed by atoms with Crippen LogP contribution >= 0.6 is 11.6 Å². The highest BCUT2D eigenvalue weighted by atomic mass is 35.5. The minimum absolute atomic E-state index is 0.262. The number of anilines is 1. The van der Waals surface area contributed by atoms with Gasteiger partial charge in [0, 0.05) is 23.0 Å². The third-order valence-corrected chi connectivity index (χ3v) is 5.38. The van der Waals surface area contributed by atoms with E-state index in [1.54, 1.807) is 70.6 Å². The fraction of sp³-hybridized carbons (Fsp3) is 0.292. The summed E-state index contributed by atoms with van der Waals surface area (Å²) in [5.74, 6) is -0.943. The van der Waals surface area contributed by atoms with Crippen LogP contribution in [0.15, 0.2) is 49.1 Å². The number of nitrogens with one attached hydrogen (secondary N) is 1. The summed E-state index contributed by atoms with van der Waals surface area (Å²) in [5.41, 5.74) is 1.70. The average molecular weight is 497 g/mol. The summed E-state index contributed by atoms with van der Waals surface area (Å²) >= 11 is 6.22. The Kier molecular flexibility index (Phi) is 6.60. The number of nitrogens with zero attached hydrogens (tertiary/aromatic N) is 5. The van der Waals surface area contributed by atoms with E-state index in [1.807, 2.05) is 0 Å². The fourth-order valence-corrected chi connectivity index (χ4v) is 3.63. The van der Waals surface area contributed by atoms with Gasteiger partial charge in [0.05, 0.1) is 24.7 Å². The Morgan fingerprint density at radius 2 is 2.06 bits per heavy atom. The maximum absolute atomic E-state index is 13.2. The van der Waals surface area contributed by atoms with Crippen molar-refractivity contribution in [1.82, 2.24) is 24.4 Å². The first-order valence-corrected chi connectivity index (χ1v) is 11.3. The molecule has 0 saturated heterocycles. The van der Waals surface area contributed by atoms with Gasteiger partial charge >= 0.3 is 5.97 Å². The molecule has 4 rings (SSSR count). The van der Waals surface area contributed by atoms with E-state index in [-0.39, 0.29) is 12.2 Å². The molecule has 1 aromatic carbocycles. The number of aromatic nitrogens is 5. The monoisotopic (exact) mass is 496 g/mol. The molecule has 4 aromatic rings. The lowest BCUT2D eigenvalue weighted by atomic mass is 10.0. The minimum atomic E-state index is -0.783. The molecular formula is C24H25ClN6O4. The number of benzene rings is 1. The number of carbonyl (C=O) groups is 2. The van der Waals surface area contributed by atoms with Crippen molar-refractivity contribution in [3.8, 4) is 11.3 Å². The molecular weight excluding hydrogens is 472 g/mol. The van der Waals surface area contributed by atoms with E-state index in [2.05, 4.69) is 20.5 Å². The van der Waals surface area contributed by atoms with Crippen molar-refractivity contribution < 1.29 is 19.4 Å². The van der Waals surface area contributed by atoms with Crippen LogP contribution < -0.4 is 5.32 Å². The molecule has 2 N–H and O–H groups in total. The van der Waals surface area contributed by atoms with Crippen LogP contribution in [0.5, 0.6) is 0 Å². The summed E-state index contributed by atoms with van der Waals surface area (Å²) in [6.45, 7) is 6.72. The molecule has 1 unspecified atom stereocenters. The van der Waals surface area contributed by atoms with Crippen molar-refractivity contribution in [3.05, 3.63) is 65.2 Å². The lowest BCUT2D eigenvalue weighted by Crippen LogP contribution is -2.29. The van der Waals surface area contributed by atoms with Crippen LogP contribution in [0.2, 0.25) is 5.02 Å². The van der Waals surface area contributed by atoms with Crippen molar-refractivity contribution in [1.29, 1.82) is 0 Å². The first-order chi connectivity index (χ1) is 16.6. The maximum atomic E-state index is 13.2. The molecule has 10 nitrogen and oxygen atoms in total. The van der Waals surface area contributed by atoms with E-state index in [1.165, 1.54) is 15.4 Å². The van der Waals surface area contributed by atoms with Crippen molar-refractivity contribution in [3.63, 3.8) is 0 Å². The van der Waals surface area contributed by atoms with Gasteiger partial charge in [-0.3, -0.25) is 9.48 Å². The molecule has 0 aliphatic carbocycles. The molecule has 0 aliphatic heterocycles. The van der Waals surface area contributed by atoms with E-state index < -0.39 is 23.5 Å². The molecule has 11 heteroatoms. The molecule has 1 atom stereocenters. The van der Waals surface area contributed by atoms with E-state index >= 15 is 0 Å². The number of aliphatic hydroxyl groups is 1. The van der Waals surface area contributed by atoms with Gasteiger partial charge in [-0.1, -0.05) is 17.7 Å². The average Bonchev–Trinajstić information content (AvgIpc) is 3.42. The van der Waals surface area contributed by atoms with Crippen molar-refractivity contribution in [2.45, 2.75) is 45.9 Å². The summed E-state index contributed by atoms with van der Waals surface area (Å²) < 4.78 is 8.40. The van der Waals surface area contributed by atoms with E-state index in [0.29, 0.717) is 33.2 Å². The van der Waals surface area contributed by atoms with Crippen LogP contribution in [0.3, 0.4) is 0 Å². The highest BCUT2D eigenvalue weighted by Gasteiger charge is 2.27. The number of amides is 1. The van der Waals surface area contributed by atoms with Gasteiger partial charge in [0.2, 0.25) is 0 Å². The van der Waals surface area contributed by atoms with Crippen LogP contribution in [0, 0.1) is 0 Å². The lowest BCUT2D eigenvalue weighted by molar-refractivity contribution is -0.158. The van der Waals surface area contributed by atoms with Crippen LogP contribution in [0.1, 0.15) is 49.7 Å². The molecule has 0 saturated carbocycles. The van der Waals surface area contributed by atoms with Gasteiger partial charge in [-0.15, -0.1) is 0 Å². The Hall–Kier alpha value is -3.76. The molecule has 0 aliphatic rings. The quantitative estimate of drug-likeness (QED) is 0.388. The Morgan fingerprint density at radius 1 is 1.29 bits per heavy atom. The van der Waals surface area contributed by atoms with E-state index in [0.717, 1.165) is 0 Å². The molecule has 1 amide bonds. The number of halogens is 1. The summed E-state index contributed by atoms with van der Waals surface area (Å²) in [7, 11) is 0. The molecule has 182 valence electrons. The number of ether oxygens (including phenoxy) is 1. The standard InChI is InChI=1S/C24H25ClN6O4/c1-14(23(34)35-24(2,3)4)31-12-19(20(29-31)17-10-16(25)7-6-15(17)13-32)28-22(33)18-11-27-30-9-5-8-26-21(18)30/h5-12,14,32H,13H2,1-4H3,(H,28,33). The molecule has 0 spiro atoms. The van der Waals surface area contributed by atoms with Crippen LogP contribution in [-0.2, 0) is 16.1 Å². The van der Waals surface area contributed by atoms with Crippen LogP contribution in [-0.4, -0.2) is 47.0 Å². The maximum Gasteiger partial charge on any atom is 0.331 e. The van der Waals surface area contributed by atoms with Crippen molar-refractivity contribution in [2.24, 2.45) is 0 Å². The summed E-state index contributed by atoms with van der Waals surface area (Å²) in [6, 6.07) is 5.89. The SMILES string of the molecule is CC(C(=O)OC(C)(C)C)n1cc(NC(=O)c2cnn3cccnc23)c(-c2cc(Cl)ccc2CO)n1. The van der Waals surface area contributed by atoms with E-state index in [9.17, 15) is 14.7 Å². The summed E-state index contributed by atoms with van der Waals surface area (Å²) in [5, 5.41) is 21.9. The van der Waals surface area contributed by atoms with Crippen molar-refractivity contribution >= 4 is 34.8 Å². The third-order valence-electron chi connectivity index (χ3n) is 5.15. The van der Waals surface area contributed by atoms with Crippen LogP contribution in [0.25, 0.3) is 16.9 Å². The third kappa shape index (κ3) is 5.18. The van der Waals surface area contributed by atoms with Gasteiger partial charge in [0.15, 0.2) is 5.65 Å². The van der Waals surface area contributed by atoms with E-state index in [4.69, 9.17) is 16.3 Å². The summed E-state index contributed by atoms with van der Waals surface area (Å²) in [4.78, 5) is 30.1.